The number of carbonyl (C=O) groups is 1. The van der Waals surface area contributed by atoms with Crippen LogP contribution >= 0.6 is 11.6 Å². The summed E-state index contributed by atoms with van der Waals surface area (Å²) in [7, 11) is 1.36. The number of hydrogen-bond acceptors (Lipinski definition) is 5. The molecule has 116 valence electrons. The highest BCUT2D eigenvalue weighted by Gasteiger charge is 2.25. The first-order valence-electron chi connectivity index (χ1n) is 5.99. The number of hydrogen-bond donors (Lipinski definition) is 5. The van der Waals surface area contributed by atoms with Crippen LogP contribution in [0.4, 0.5) is 10.5 Å². The Kier molecular flexibility index (Phi) is 5.09. The summed E-state index contributed by atoms with van der Waals surface area (Å²) in [5, 5.41) is 30.9. The summed E-state index contributed by atoms with van der Waals surface area (Å²) >= 11 is 5.91. The van der Waals surface area contributed by atoms with Gasteiger partial charge in [0.05, 0.1) is 5.69 Å². The van der Waals surface area contributed by atoms with Crippen LogP contribution in [0.25, 0.3) is 0 Å². The lowest BCUT2D eigenvalue weighted by Crippen LogP contribution is -2.44. The van der Waals surface area contributed by atoms with Crippen LogP contribution in [0.3, 0.4) is 0 Å². The van der Waals surface area contributed by atoms with E-state index < -0.39 is 23.3 Å². The summed E-state index contributed by atoms with van der Waals surface area (Å²) in [5.41, 5.74) is 5.64. The maximum Gasteiger partial charge on any atom is 0.328 e. The highest BCUT2D eigenvalue weighted by atomic mass is 35.5. The second-order valence-corrected chi connectivity index (χ2v) is 4.56. The Bertz CT molecular complexity index is 574. The Labute approximate surface area is 126 Å². The smallest absolute Gasteiger partial charge is 0.328 e. The molecule has 0 atom stereocenters. The number of nitrogens with two attached hydrogens (primary N) is 1. The van der Waals surface area contributed by atoms with Crippen LogP contribution in [-0.2, 0) is 0 Å². The highest BCUT2D eigenvalue weighted by molar-refractivity contribution is 6.36. The number of anilines is 1. The monoisotopic (exact) mass is 316 g/mol. The summed E-state index contributed by atoms with van der Waals surface area (Å²) in [6.45, 7) is 3.58. The van der Waals surface area contributed by atoms with Crippen LogP contribution in [0.15, 0.2) is 4.99 Å². The number of aliphatic imine (C=N–C) groups is 1. The van der Waals surface area contributed by atoms with E-state index in [2.05, 4.69) is 10.3 Å². The molecule has 0 aliphatic rings. The molecule has 0 heterocycles. The Morgan fingerprint density at radius 3 is 2.43 bits per heavy atom. The normalized spacial score (nSPS) is 11.3. The third kappa shape index (κ3) is 3.22. The number of guanidine groups is 1. The van der Waals surface area contributed by atoms with Crippen molar-refractivity contribution in [3.8, 4) is 17.2 Å². The van der Waals surface area contributed by atoms with E-state index in [9.17, 15) is 20.1 Å². The molecule has 0 aliphatic heterocycles. The van der Waals surface area contributed by atoms with Crippen molar-refractivity contribution in [3.63, 3.8) is 0 Å². The van der Waals surface area contributed by atoms with Gasteiger partial charge in [-0.15, -0.1) is 0 Å². The van der Waals surface area contributed by atoms with E-state index in [1.165, 1.54) is 14.0 Å². The maximum atomic E-state index is 12.0. The molecule has 0 radical (unpaired) electrons. The third-order valence-corrected chi connectivity index (χ3v) is 3.14. The molecule has 0 fully saturated rings. The zero-order chi connectivity index (χ0) is 16.3. The van der Waals surface area contributed by atoms with Gasteiger partial charge in [0.15, 0.2) is 17.5 Å². The van der Waals surface area contributed by atoms with Gasteiger partial charge in [-0.1, -0.05) is 11.6 Å². The second kappa shape index (κ2) is 6.40. The first-order chi connectivity index (χ1) is 9.72. The number of benzene rings is 1. The molecule has 1 rings (SSSR count). The Hall–Kier alpha value is -2.35. The fourth-order valence-corrected chi connectivity index (χ4v) is 2.04. The fraction of sp³-hybridized carbons (Fsp3) is 0.333. The number of nitrogens with zero attached hydrogens (tertiary/aromatic N) is 2. The molecule has 0 saturated carbocycles. The van der Waals surface area contributed by atoms with Crippen molar-refractivity contribution in [1.82, 2.24) is 5.32 Å². The quantitative estimate of drug-likeness (QED) is 0.318. The van der Waals surface area contributed by atoms with Crippen molar-refractivity contribution >= 4 is 29.3 Å². The van der Waals surface area contributed by atoms with Gasteiger partial charge < -0.3 is 21.1 Å². The predicted octanol–water partition coefficient (Wildman–Crippen LogP) is 1.25. The molecule has 9 heteroatoms. The van der Waals surface area contributed by atoms with E-state index in [1.807, 2.05) is 0 Å². The minimum atomic E-state index is -0.748. The van der Waals surface area contributed by atoms with Crippen molar-refractivity contribution in [2.75, 3.05) is 18.5 Å². The summed E-state index contributed by atoms with van der Waals surface area (Å²) in [4.78, 5) is 16.8. The minimum absolute atomic E-state index is 0.0336. The highest BCUT2D eigenvalue weighted by Crippen LogP contribution is 2.49. The van der Waals surface area contributed by atoms with Crippen LogP contribution in [0.5, 0.6) is 17.2 Å². The van der Waals surface area contributed by atoms with Gasteiger partial charge in [0.2, 0.25) is 5.75 Å². The first-order valence-corrected chi connectivity index (χ1v) is 6.37. The average molecular weight is 317 g/mol. The number of phenolic OH excluding ortho intramolecular Hbond substituents is 3. The standard InChI is InChI=1S/C12H17ClN4O4/c1-4-15-11(14)16-12(21)17(3)7-5(2)8(18)10(20)9(19)6(7)13/h18-20H,4H2,1-3H3,(H3,14,15,16,21). The van der Waals surface area contributed by atoms with Crippen molar-refractivity contribution in [3.05, 3.63) is 10.6 Å². The van der Waals surface area contributed by atoms with Gasteiger partial charge in [-0.2, -0.15) is 0 Å². The van der Waals surface area contributed by atoms with Crippen LogP contribution in [-0.4, -0.2) is 40.9 Å². The van der Waals surface area contributed by atoms with E-state index in [4.69, 9.17) is 17.3 Å². The molecule has 0 aliphatic carbocycles. The van der Waals surface area contributed by atoms with E-state index >= 15 is 0 Å². The summed E-state index contributed by atoms with van der Waals surface area (Å²) < 4.78 is 0. The van der Waals surface area contributed by atoms with E-state index in [0.717, 1.165) is 4.90 Å². The zero-order valence-electron chi connectivity index (χ0n) is 11.8. The maximum absolute atomic E-state index is 12.0. The van der Waals surface area contributed by atoms with Crippen LogP contribution in [0.2, 0.25) is 5.02 Å². The molecule has 0 spiro atoms. The largest absolute Gasteiger partial charge is 0.504 e. The van der Waals surface area contributed by atoms with Gasteiger partial charge in [0, 0.05) is 19.2 Å². The number of carbonyl (C=O) groups excluding carboxylic acids is 1. The van der Waals surface area contributed by atoms with Crippen molar-refractivity contribution in [2.24, 2.45) is 10.7 Å². The molecule has 0 unspecified atom stereocenters. The van der Waals surface area contributed by atoms with Crippen LogP contribution in [0, 0.1) is 6.92 Å². The zero-order valence-corrected chi connectivity index (χ0v) is 12.6. The van der Waals surface area contributed by atoms with E-state index in [1.54, 1.807) is 6.92 Å². The van der Waals surface area contributed by atoms with Gasteiger partial charge >= 0.3 is 6.03 Å². The lowest BCUT2D eigenvalue weighted by Gasteiger charge is -2.22. The Balaban J connectivity index is 3.22. The number of nitrogens with one attached hydrogen (secondary N) is 1. The molecular formula is C12H17ClN4O4. The van der Waals surface area contributed by atoms with Crippen LogP contribution in [0.1, 0.15) is 12.5 Å². The molecule has 0 bridgehead atoms. The minimum Gasteiger partial charge on any atom is -0.504 e. The Morgan fingerprint density at radius 2 is 1.90 bits per heavy atom. The SMILES string of the molecule is CCN=C(N)NC(=O)N(C)c1c(C)c(O)c(O)c(O)c1Cl. The molecule has 1 aromatic carbocycles. The molecule has 21 heavy (non-hydrogen) atoms. The first kappa shape index (κ1) is 16.7. The number of urea groups is 1. The number of halogens is 1. The summed E-state index contributed by atoms with van der Waals surface area (Å²) in [6.07, 6.45) is 0. The van der Waals surface area contributed by atoms with Gasteiger partial charge in [-0.05, 0) is 13.8 Å². The lowest BCUT2D eigenvalue weighted by atomic mass is 10.1. The molecular weight excluding hydrogens is 300 g/mol. The Morgan fingerprint density at radius 1 is 1.33 bits per heavy atom. The number of rotatable bonds is 2. The van der Waals surface area contributed by atoms with Gasteiger partial charge in [-0.3, -0.25) is 15.2 Å². The summed E-state index contributed by atoms with van der Waals surface area (Å²) in [6, 6.07) is -0.667. The molecule has 0 saturated heterocycles. The summed E-state index contributed by atoms with van der Waals surface area (Å²) in [5.74, 6) is -2.11. The predicted molar refractivity (Wildman–Crippen MR) is 80.3 cm³/mol. The lowest BCUT2D eigenvalue weighted by molar-refractivity contribution is 0.251. The molecule has 2 amide bonds. The molecule has 0 aromatic heterocycles. The number of aromatic hydroxyl groups is 3. The number of amides is 2. The van der Waals surface area contributed by atoms with Crippen LogP contribution < -0.4 is 16.0 Å². The van der Waals surface area contributed by atoms with Crippen molar-refractivity contribution in [1.29, 1.82) is 0 Å². The molecule has 6 N–H and O–H groups in total. The van der Waals surface area contributed by atoms with Gasteiger partial charge in [-0.25, -0.2) is 4.79 Å². The number of phenols is 3. The van der Waals surface area contributed by atoms with E-state index in [0.29, 0.717) is 6.54 Å². The van der Waals surface area contributed by atoms with Gasteiger partial charge in [0.1, 0.15) is 5.02 Å². The van der Waals surface area contributed by atoms with E-state index in [-0.39, 0.29) is 22.2 Å². The molecule has 8 nitrogen and oxygen atoms in total. The fourth-order valence-electron chi connectivity index (χ4n) is 1.69. The van der Waals surface area contributed by atoms with Crippen molar-refractivity contribution < 1.29 is 20.1 Å². The van der Waals surface area contributed by atoms with Gasteiger partial charge in [0.25, 0.3) is 0 Å². The third-order valence-electron chi connectivity index (χ3n) is 2.78. The topological polar surface area (TPSA) is 131 Å². The van der Waals surface area contributed by atoms with Crippen molar-refractivity contribution in [2.45, 2.75) is 13.8 Å². The molecule has 1 aromatic rings. The average Bonchev–Trinajstić information content (AvgIpc) is 2.43. The second-order valence-electron chi connectivity index (χ2n) is 4.18.